The summed E-state index contributed by atoms with van der Waals surface area (Å²) >= 11 is 0. The molecule has 4 heteroatoms. The van der Waals surface area contributed by atoms with Crippen molar-refractivity contribution >= 4 is 0 Å². The van der Waals surface area contributed by atoms with Gasteiger partial charge >= 0.3 is 0 Å². The van der Waals surface area contributed by atoms with Crippen LogP contribution in [0.2, 0.25) is 0 Å². The van der Waals surface area contributed by atoms with Gasteiger partial charge in [0.15, 0.2) is 0 Å². The van der Waals surface area contributed by atoms with Crippen LogP contribution in [0.1, 0.15) is 23.6 Å². The molecule has 0 radical (unpaired) electrons. The van der Waals surface area contributed by atoms with Crippen molar-refractivity contribution in [3.8, 4) is 11.8 Å². The van der Waals surface area contributed by atoms with Gasteiger partial charge in [0.05, 0.1) is 12.2 Å². The summed E-state index contributed by atoms with van der Waals surface area (Å²) in [5, 5.41) is 8.77. The molecule has 0 amide bonds. The Kier molecular flexibility index (Phi) is 2.10. The maximum absolute atomic E-state index is 13.1. The first kappa shape index (κ1) is 8.97. The van der Waals surface area contributed by atoms with Crippen LogP contribution in [0, 0.1) is 17.1 Å². The lowest BCUT2D eigenvalue weighted by Crippen LogP contribution is -2.21. The van der Waals surface area contributed by atoms with Crippen molar-refractivity contribution in [2.75, 3.05) is 6.61 Å². The van der Waals surface area contributed by atoms with Crippen molar-refractivity contribution in [2.45, 2.75) is 12.5 Å². The van der Waals surface area contributed by atoms with E-state index < -0.39 is 5.82 Å². The first-order valence-electron chi connectivity index (χ1n) is 4.34. The fourth-order valence-corrected chi connectivity index (χ4v) is 1.58. The number of rotatable bonds is 0. The maximum Gasteiger partial charge on any atom is 0.142 e. The Balaban J connectivity index is 2.62. The van der Waals surface area contributed by atoms with Crippen molar-refractivity contribution in [1.82, 2.24) is 0 Å². The van der Waals surface area contributed by atoms with Gasteiger partial charge in [-0.2, -0.15) is 5.26 Å². The van der Waals surface area contributed by atoms with Gasteiger partial charge in [-0.1, -0.05) is 0 Å². The molecule has 0 fully saturated rings. The Hall–Kier alpha value is -1.60. The van der Waals surface area contributed by atoms with Gasteiger partial charge in [-0.3, -0.25) is 0 Å². The average Bonchev–Trinajstić information content (AvgIpc) is 2.18. The normalized spacial score (nSPS) is 19.4. The predicted molar refractivity (Wildman–Crippen MR) is 48.2 cm³/mol. The van der Waals surface area contributed by atoms with Crippen molar-refractivity contribution in [3.05, 3.63) is 29.1 Å². The van der Waals surface area contributed by atoms with E-state index in [2.05, 4.69) is 0 Å². The molecule has 2 rings (SSSR count). The second-order valence-corrected chi connectivity index (χ2v) is 3.23. The molecule has 14 heavy (non-hydrogen) atoms. The molecule has 1 aliphatic rings. The molecular formula is C10H9FN2O. The summed E-state index contributed by atoms with van der Waals surface area (Å²) in [5.74, 6) is -0.00565. The molecule has 0 aliphatic carbocycles. The zero-order chi connectivity index (χ0) is 10.1. The van der Waals surface area contributed by atoms with E-state index in [1.54, 1.807) is 0 Å². The lowest BCUT2D eigenvalue weighted by molar-refractivity contribution is 0.267. The standard InChI is InChI=1S/C10H9FN2O/c11-7-3-6(5-12)10-8(4-7)9(13)1-2-14-10/h3-4,9H,1-2,13H2/t9-/m0/s1. The molecule has 0 saturated heterocycles. The highest BCUT2D eigenvalue weighted by atomic mass is 19.1. The van der Waals surface area contributed by atoms with E-state index in [-0.39, 0.29) is 11.6 Å². The summed E-state index contributed by atoms with van der Waals surface area (Å²) in [5.41, 5.74) is 6.59. The summed E-state index contributed by atoms with van der Waals surface area (Å²) in [4.78, 5) is 0. The maximum atomic E-state index is 13.1. The molecule has 0 saturated carbocycles. The molecule has 0 spiro atoms. The number of nitrogens with two attached hydrogens (primary N) is 1. The smallest absolute Gasteiger partial charge is 0.142 e. The van der Waals surface area contributed by atoms with E-state index in [1.165, 1.54) is 6.07 Å². The summed E-state index contributed by atoms with van der Waals surface area (Å²) < 4.78 is 18.4. The van der Waals surface area contributed by atoms with Gasteiger partial charge in [0.2, 0.25) is 0 Å². The number of halogens is 1. The van der Waals surface area contributed by atoms with Crippen LogP contribution in [-0.2, 0) is 0 Å². The molecule has 0 unspecified atom stereocenters. The SMILES string of the molecule is N#Cc1cc(F)cc2c1OCC[C@@H]2N. The van der Waals surface area contributed by atoms with E-state index in [9.17, 15) is 4.39 Å². The Labute approximate surface area is 80.9 Å². The van der Waals surface area contributed by atoms with E-state index in [0.717, 1.165) is 6.07 Å². The van der Waals surface area contributed by atoms with Crippen molar-refractivity contribution in [2.24, 2.45) is 5.73 Å². The van der Waals surface area contributed by atoms with E-state index in [4.69, 9.17) is 15.7 Å². The fourth-order valence-electron chi connectivity index (χ4n) is 1.58. The number of nitrogens with zero attached hydrogens (tertiary/aromatic N) is 1. The molecular weight excluding hydrogens is 183 g/mol. The predicted octanol–water partition coefficient (Wildman–Crippen LogP) is 1.48. The Bertz CT molecular complexity index is 411. The Morgan fingerprint density at radius 1 is 1.57 bits per heavy atom. The highest BCUT2D eigenvalue weighted by Gasteiger charge is 2.22. The van der Waals surface area contributed by atoms with Crippen LogP contribution in [0.25, 0.3) is 0 Å². The molecule has 72 valence electrons. The molecule has 1 heterocycles. The van der Waals surface area contributed by atoms with Crippen LogP contribution in [0.15, 0.2) is 12.1 Å². The lowest BCUT2D eigenvalue weighted by Gasteiger charge is -2.23. The second kappa shape index (κ2) is 3.28. The van der Waals surface area contributed by atoms with Gasteiger partial charge in [0, 0.05) is 18.0 Å². The van der Waals surface area contributed by atoms with Crippen LogP contribution in [0.5, 0.6) is 5.75 Å². The number of fused-ring (bicyclic) bond motifs is 1. The minimum absolute atomic E-state index is 0.218. The Morgan fingerprint density at radius 3 is 3.07 bits per heavy atom. The van der Waals surface area contributed by atoms with Gasteiger partial charge < -0.3 is 10.5 Å². The monoisotopic (exact) mass is 192 g/mol. The summed E-state index contributed by atoms with van der Waals surface area (Å²) in [6, 6.07) is 4.16. The van der Waals surface area contributed by atoms with E-state index >= 15 is 0 Å². The zero-order valence-corrected chi connectivity index (χ0v) is 7.46. The minimum Gasteiger partial charge on any atom is -0.492 e. The van der Waals surface area contributed by atoms with Gasteiger partial charge in [0.1, 0.15) is 17.6 Å². The van der Waals surface area contributed by atoms with Crippen LogP contribution >= 0.6 is 0 Å². The topological polar surface area (TPSA) is 59.0 Å². The van der Waals surface area contributed by atoms with E-state index in [1.807, 2.05) is 6.07 Å². The van der Waals surface area contributed by atoms with Gasteiger partial charge in [0.25, 0.3) is 0 Å². The van der Waals surface area contributed by atoms with Crippen LogP contribution in [0.4, 0.5) is 4.39 Å². The van der Waals surface area contributed by atoms with Crippen molar-refractivity contribution < 1.29 is 9.13 Å². The fraction of sp³-hybridized carbons (Fsp3) is 0.300. The first-order valence-corrected chi connectivity index (χ1v) is 4.34. The average molecular weight is 192 g/mol. The summed E-state index contributed by atoms with van der Waals surface area (Å²) in [7, 11) is 0. The molecule has 0 aromatic heterocycles. The third-order valence-corrected chi connectivity index (χ3v) is 2.28. The third kappa shape index (κ3) is 1.32. The molecule has 0 bridgehead atoms. The molecule has 1 aromatic rings. The van der Waals surface area contributed by atoms with Gasteiger partial charge in [-0.15, -0.1) is 0 Å². The minimum atomic E-state index is -0.443. The highest BCUT2D eigenvalue weighted by molar-refractivity contribution is 5.50. The molecule has 1 atom stereocenters. The number of hydrogen-bond donors (Lipinski definition) is 1. The van der Waals surface area contributed by atoms with Crippen LogP contribution < -0.4 is 10.5 Å². The van der Waals surface area contributed by atoms with Gasteiger partial charge in [-0.25, -0.2) is 4.39 Å². The largest absolute Gasteiger partial charge is 0.492 e. The molecule has 1 aliphatic heterocycles. The van der Waals surface area contributed by atoms with Crippen LogP contribution in [0.3, 0.4) is 0 Å². The van der Waals surface area contributed by atoms with E-state index in [0.29, 0.717) is 24.3 Å². The lowest BCUT2D eigenvalue weighted by atomic mass is 9.98. The number of benzene rings is 1. The quantitative estimate of drug-likeness (QED) is 0.677. The number of ether oxygens (including phenoxy) is 1. The van der Waals surface area contributed by atoms with Crippen molar-refractivity contribution in [3.63, 3.8) is 0 Å². The zero-order valence-electron chi connectivity index (χ0n) is 7.46. The Morgan fingerprint density at radius 2 is 2.36 bits per heavy atom. The first-order chi connectivity index (χ1) is 6.72. The number of nitriles is 1. The molecule has 2 N–H and O–H groups in total. The summed E-state index contributed by atoms with van der Waals surface area (Å²) in [6.07, 6.45) is 0.654. The second-order valence-electron chi connectivity index (χ2n) is 3.23. The molecule has 3 nitrogen and oxygen atoms in total. The van der Waals surface area contributed by atoms with Crippen molar-refractivity contribution in [1.29, 1.82) is 5.26 Å². The highest BCUT2D eigenvalue weighted by Crippen LogP contribution is 2.34. The summed E-state index contributed by atoms with van der Waals surface area (Å²) in [6.45, 7) is 0.481. The molecule has 1 aromatic carbocycles. The number of hydrogen-bond acceptors (Lipinski definition) is 3. The third-order valence-electron chi connectivity index (χ3n) is 2.28. The van der Waals surface area contributed by atoms with Gasteiger partial charge in [-0.05, 0) is 12.1 Å². The van der Waals surface area contributed by atoms with Crippen LogP contribution in [-0.4, -0.2) is 6.61 Å².